The number of hydrogen-bond acceptors (Lipinski definition) is 3. The first kappa shape index (κ1) is 13.5. The molecule has 0 aliphatic rings. The van der Waals surface area contributed by atoms with Gasteiger partial charge in [0.1, 0.15) is 11.5 Å². The molecule has 1 heterocycles. The maximum atomic E-state index is 12.2. The number of furan rings is 1. The van der Waals surface area contributed by atoms with Crippen LogP contribution in [0.3, 0.4) is 0 Å². The lowest BCUT2D eigenvalue weighted by atomic mass is 10.1. The molecule has 0 radical (unpaired) electrons. The zero-order valence-electron chi connectivity index (χ0n) is 11.0. The van der Waals surface area contributed by atoms with Gasteiger partial charge in [0.2, 0.25) is 0 Å². The van der Waals surface area contributed by atoms with Crippen molar-refractivity contribution < 1.29 is 9.21 Å². The number of benzene rings is 1. The molecule has 4 nitrogen and oxygen atoms in total. The number of halogens is 1. The van der Waals surface area contributed by atoms with Gasteiger partial charge in [-0.3, -0.25) is 4.79 Å². The van der Waals surface area contributed by atoms with E-state index in [0.717, 1.165) is 11.3 Å². The molecule has 0 bridgehead atoms. The molecular weight excluding hydrogens is 264 g/mol. The lowest BCUT2D eigenvalue weighted by molar-refractivity contribution is 0.102. The molecular formula is C14H15ClN2O2. The van der Waals surface area contributed by atoms with Gasteiger partial charge in [-0.05, 0) is 39.0 Å². The van der Waals surface area contributed by atoms with Crippen LogP contribution in [0.5, 0.6) is 0 Å². The number of rotatable bonds is 2. The first-order valence-electron chi connectivity index (χ1n) is 5.83. The minimum Gasteiger partial charge on any atom is -0.466 e. The molecule has 0 saturated heterocycles. The van der Waals surface area contributed by atoms with E-state index in [-0.39, 0.29) is 5.91 Å². The van der Waals surface area contributed by atoms with Gasteiger partial charge in [0, 0.05) is 11.3 Å². The van der Waals surface area contributed by atoms with Crippen molar-refractivity contribution in [3.63, 3.8) is 0 Å². The van der Waals surface area contributed by atoms with Gasteiger partial charge in [0.25, 0.3) is 5.91 Å². The lowest BCUT2D eigenvalue weighted by Gasteiger charge is -2.07. The summed E-state index contributed by atoms with van der Waals surface area (Å²) in [4.78, 5) is 12.2. The zero-order valence-corrected chi connectivity index (χ0v) is 11.8. The fourth-order valence-electron chi connectivity index (χ4n) is 1.94. The van der Waals surface area contributed by atoms with E-state index in [9.17, 15) is 4.79 Å². The highest BCUT2D eigenvalue weighted by molar-refractivity contribution is 6.33. The normalized spacial score (nSPS) is 10.5. The molecule has 2 rings (SSSR count). The topological polar surface area (TPSA) is 68.3 Å². The van der Waals surface area contributed by atoms with Crippen molar-refractivity contribution >= 4 is 28.9 Å². The van der Waals surface area contributed by atoms with Gasteiger partial charge in [-0.1, -0.05) is 11.6 Å². The number of nitrogens with two attached hydrogens (primary N) is 1. The highest BCUT2D eigenvalue weighted by Crippen LogP contribution is 2.25. The number of nitrogen functional groups attached to an aromatic ring is 1. The average Bonchev–Trinajstić information content (AvgIpc) is 2.58. The number of amides is 1. The van der Waals surface area contributed by atoms with E-state index < -0.39 is 0 Å². The van der Waals surface area contributed by atoms with Gasteiger partial charge in [0.05, 0.1) is 16.3 Å². The van der Waals surface area contributed by atoms with E-state index in [1.807, 2.05) is 13.8 Å². The Bertz CT molecular complexity index is 647. The van der Waals surface area contributed by atoms with Crippen LogP contribution in [0.2, 0.25) is 5.02 Å². The average molecular weight is 279 g/mol. The summed E-state index contributed by atoms with van der Waals surface area (Å²) < 4.78 is 5.44. The van der Waals surface area contributed by atoms with Gasteiger partial charge in [0.15, 0.2) is 0 Å². The van der Waals surface area contributed by atoms with Crippen LogP contribution >= 0.6 is 11.6 Å². The highest BCUT2D eigenvalue weighted by Gasteiger charge is 2.18. The van der Waals surface area contributed by atoms with Crippen molar-refractivity contribution in [2.45, 2.75) is 20.8 Å². The molecule has 19 heavy (non-hydrogen) atoms. The minimum atomic E-state index is -0.214. The number of hydrogen-bond donors (Lipinski definition) is 2. The summed E-state index contributed by atoms with van der Waals surface area (Å²) in [7, 11) is 0. The standard InChI is InChI=1S/C14H15ClN2O2/c1-7-8(2)19-9(3)13(7)14(18)17-10-4-5-11(15)12(16)6-10/h4-6H,16H2,1-3H3,(H,17,18). The molecule has 0 unspecified atom stereocenters. The van der Waals surface area contributed by atoms with Crippen molar-refractivity contribution in [2.24, 2.45) is 0 Å². The highest BCUT2D eigenvalue weighted by atomic mass is 35.5. The van der Waals surface area contributed by atoms with Gasteiger partial charge >= 0.3 is 0 Å². The summed E-state index contributed by atoms with van der Waals surface area (Å²) in [5.41, 5.74) is 8.13. The van der Waals surface area contributed by atoms with Crippen LogP contribution in [0.1, 0.15) is 27.4 Å². The summed E-state index contributed by atoms with van der Waals surface area (Å²) in [6.07, 6.45) is 0. The van der Waals surface area contributed by atoms with Gasteiger partial charge < -0.3 is 15.5 Å². The molecule has 100 valence electrons. The Morgan fingerprint density at radius 2 is 1.95 bits per heavy atom. The molecule has 3 N–H and O–H groups in total. The molecule has 0 atom stereocenters. The summed E-state index contributed by atoms with van der Waals surface area (Å²) in [6.45, 7) is 5.46. The first-order valence-corrected chi connectivity index (χ1v) is 6.21. The number of nitrogens with one attached hydrogen (secondary N) is 1. The van der Waals surface area contributed by atoms with E-state index in [1.54, 1.807) is 25.1 Å². The molecule has 0 fully saturated rings. The Morgan fingerprint density at radius 3 is 2.47 bits per heavy atom. The third-order valence-electron chi connectivity index (χ3n) is 3.04. The predicted octanol–water partition coefficient (Wildman–Crippen LogP) is 3.69. The number of carbonyl (C=O) groups is 1. The molecule has 0 aliphatic heterocycles. The Kier molecular flexibility index (Phi) is 3.53. The van der Waals surface area contributed by atoms with Crippen LogP contribution in [-0.4, -0.2) is 5.91 Å². The minimum absolute atomic E-state index is 0.214. The second kappa shape index (κ2) is 4.97. The monoisotopic (exact) mass is 278 g/mol. The molecule has 1 aromatic heterocycles. The van der Waals surface area contributed by atoms with Crippen molar-refractivity contribution in [1.29, 1.82) is 0 Å². The molecule has 1 aromatic carbocycles. The molecule has 2 aromatic rings. The van der Waals surface area contributed by atoms with Gasteiger partial charge in [-0.2, -0.15) is 0 Å². The summed E-state index contributed by atoms with van der Waals surface area (Å²) in [5, 5.41) is 3.25. The molecule has 0 spiro atoms. The third-order valence-corrected chi connectivity index (χ3v) is 3.39. The summed E-state index contributed by atoms with van der Waals surface area (Å²) in [6, 6.07) is 4.97. The number of aryl methyl sites for hydroxylation is 2. The van der Waals surface area contributed by atoms with Gasteiger partial charge in [-0.25, -0.2) is 0 Å². The van der Waals surface area contributed by atoms with Crippen LogP contribution in [-0.2, 0) is 0 Å². The van der Waals surface area contributed by atoms with Crippen LogP contribution in [0.4, 0.5) is 11.4 Å². The number of anilines is 2. The van der Waals surface area contributed by atoms with E-state index in [4.69, 9.17) is 21.8 Å². The van der Waals surface area contributed by atoms with E-state index in [1.165, 1.54) is 0 Å². The smallest absolute Gasteiger partial charge is 0.259 e. The Hall–Kier alpha value is -1.94. The SMILES string of the molecule is Cc1oc(C)c(C(=O)Nc2ccc(Cl)c(N)c2)c1C. The van der Waals surface area contributed by atoms with Crippen LogP contribution in [0.25, 0.3) is 0 Å². The van der Waals surface area contributed by atoms with Crippen molar-refractivity contribution in [2.75, 3.05) is 11.1 Å². The maximum absolute atomic E-state index is 12.2. The fourth-order valence-corrected chi connectivity index (χ4v) is 2.06. The van der Waals surface area contributed by atoms with E-state index >= 15 is 0 Å². The lowest BCUT2D eigenvalue weighted by Crippen LogP contribution is -2.13. The summed E-state index contributed by atoms with van der Waals surface area (Å²) in [5.74, 6) is 1.14. The Morgan fingerprint density at radius 1 is 1.26 bits per heavy atom. The number of carbonyl (C=O) groups excluding carboxylic acids is 1. The first-order chi connectivity index (χ1) is 8.90. The fraction of sp³-hybridized carbons (Fsp3) is 0.214. The van der Waals surface area contributed by atoms with E-state index in [2.05, 4.69) is 5.32 Å². The van der Waals surface area contributed by atoms with Crippen molar-refractivity contribution in [3.05, 3.63) is 45.9 Å². The summed E-state index contributed by atoms with van der Waals surface area (Å²) >= 11 is 5.84. The van der Waals surface area contributed by atoms with Crippen LogP contribution < -0.4 is 11.1 Å². The largest absolute Gasteiger partial charge is 0.466 e. The third kappa shape index (κ3) is 2.58. The predicted molar refractivity (Wildman–Crippen MR) is 76.7 cm³/mol. The maximum Gasteiger partial charge on any atom is 0.259 e. The Labute approximate surface area is 116 Å². The van der Waals surface area contributed by atoms with Crippen molar-refractivity contribution in [3.8, 4) is 0 Å². The molecule has 5 heteroatoms. The second-order valence-corrected chi connectivity index (χ2v) is 4.81. The zero-order chi connectivity index (χ0) is 14.2. The molecule has 1 amide bonds. The van der Waals surface area contributed by atoms with Crippen LogP contribution in [0.15, 0.2) is 22.6 Å². The van der Waals surface area contributed by atoms with E-state index in [0.29, 0.717) is 27.7 Å². The molecule has 0 saturated carbocycles. The Balaban J connectivity index is 2.28. The quantitative estimate of drug-likeness (QED) is 0.823. The van der Waals surface area contributed by atoms with Crippen LogP contribution in [0, 0.1) is 20.8 Å². The van der Waals surface area contributed by atoms with Crippen molar-refractivity contribution in [1.82, 2.24) is 0 Å². The van der Waals surface area contributed by atoms with Gasteiger partial charge in [-0.15, -0.1) is 0 Å². The molecule has 0 aliphatic carbocycles. The second-order valence-electron chi connectivity index (χ2n) is 4.40.